The second kappa shape index (κ2) is 11.2. The van der Waals surface area contributed by atoms with Gasteiger partial charge < -0.3 is 15.3 Å². The number of aromatic nitrogens is 2. The number of thiol groups is 1. The molecule has 32 heavy (non-hydrogen) atoms. The summed E-state index contributed by atoms with van der Waals surface area (Å²) in [4.78, 5) is 25.4. The number of benzene rings is 1. The van der Waals surface area contributed by atoms with Crippen molar-refractivity contribution >= 4 is 30.0 Å². The minimum Gasteiger partial charge on any atom is -0.478 e. The van der Waals surface area contributed by atoms with Crippen LogP contribution in [0.3, 0.4) is 0 Å². The summed E-state index contributed by atoms with van der Waals surface area (Å²) in [6.45, 7) is 7.54. The van der Waals surface area contributed by atoms with Gasteiger partial charge in [-0.1, -0.05) is 6.07 Å². The number of hydrogen-bond donors (Lipinski definition) is 3. The highest BCUT2D eigenvalue weighted by Crippen LogP contribution is 2.29. The van der Waals surface area contributed by atoms with E-state index in [-0.39, 0.29) is 11.5 Å². The van der Waals surface area contributed by atoms with E-state index in [1.807, 2.05) is 41.6 Å². The minimum absolute atomic E-state index is 0.0185. The van der Waals surface area contributed by atoms with Crippen LogP contribution in [0.1, 0.15) is 59.0 Å². The van der Waals surface area contributed by atoms with Crippen LogP contribution in [0.4, 0.5) is 0 Å². The quantitative estimate of drug-likeness (QED) is 0.508. The van der Waals surface area contributed by atoms with Crippen LogP contribution in [0, 0.1) is 0 Å². The summed E-state index contributed by atoms with van der Waals surface area (Å²) in [5.41, 5.74) is 3.22. The molecule has 0 spiro atoms. The molecular weight excluding hydrogens is 424 g/mol. The maximum absolute atomic E-state index is 12.5. The summed E-state index contributed by atoms with van der Waals surface area (Å²) in [5, 5.41) is 16.3. The number of carbonyl (C=O) groups is 2. The molecule has 0 atom stereocenters. The number of piperidine rings is 1. The van der Waals surface area contributed by atoms with Crippen molar-refractivity contribution < 1.29 is 14.7 Å². The summed E-state index contributed by atoms with van der Waals surface area (Å²) in [5.74, 6) is -0.337. The number of carboxylic acid groups (broad SMARTS) is 1. The first-order valence-corrected chi connectivity index (χ1v) is 11.4. The maximum Gasteiger partial charge on any atom is 0.335 e. The van der Waals surface area contributed by atoms with Crippen molar-refractivity contribution in [1.29, 1.82) is 0 Å². The lowest BCUT2D eigenvalue weighted by molar-refractivity contribution is 0.0695. The van der Waals surface area contributed by atoms with E-state index in [2.05, 4.69) is 29.1 Å². The lowest BCUT2D eigenvalue weighted by atomic mass is 9.90. The van der Waals surface area contributed by atoms with Gasteiger partial charge in [-0.25, -0.2) is 9.31 Å². The van der Waals surface area contributed by atoms with Crippen LogP contribution in [0.25, 0.3) is 5.52 Å². The van der Waals surface area contributed by atoms with Crippen molar-refractivity contribution in [3.8, 4) is 0 Å². The smallest absolute Gasteiger partial charge is 0.335 e. The molecular formula is C24H30N4O3S. The van der Waals surface area contributed by atoms with Crippen LogP contribution in [0.2, 0.25) is 0 Å². The van der Waals surface area contributed by atoms with Crippen LogP contribution in [0.5, 0.6) is 0 Å². The molecule has 7 nitrogen and oxygen atoms in total. The highest BCUT2D eigenvalue weighted by atomic mass is 32.1. The van der Waals surface area contributed by atoms with Crippen molar-refractivity contribution in [3.63, 3.8) is 0 Å². The predicted molar refractivity (Wildman–Crippen MR) is 128 cm³/mol. The van der Waals surface area contributed by atoms with Crippen LogP contribution >= 0.6 is 12.6 Å². The number of carbonyl (C=O) groups excluding carboxylic acids is 1. The Balaban J connectivity index is 0.000000243. The van der Waals surface area contributed by atoms with E-state index >= 15 is 0 Å². The van der Waals surface area contributed by atoms with Gasteiger partial charge in [-0.15, -0.1) is 12.6 Å². The molecule has 4 rings (SSSR count). The molecule has 3 aromatic rings. The lowest BCUT2D eigenvalue weighted by Gasteiger charge is -2.23. The second-order valence-electron chi connectivity index (χ2n) is 7.68. The molecule has 0 unspecified atom stereocenters. The van der Waals surface area contributed by atoms with Gasteiger partial charge in [-0.3, -0.25) is 4.79 Å². The normalized spacial score (nSPS) is 14.0. The molecule has 1 fully saturated rings. The van der Waals surface area contributed by atoms with E-state index in [1.165, 1.54) is 17.7 Å². The Kier molecular flexibility index (Phi) is 8.30. The first kappa shape index (κ1) is 23.8. The molecule has 0 aliphatic carbocycles. The fourth-order valence-corrected chi connectivity index (χ4v) is 4.05. The van der Waals surface area contributed by atoms with Gasteiger partial charge in [0.2, 0.25) is 0 Å². The molecule has 0 bridgehead atoms. The van der Waals surface area contributed by atoms with Crippen LogP contribution in [0.15, 0.2) is 53.6 Å². The molecule has 2 N–H and O–H groups in total. The topological polar surface area (TPSA) is 86.9 Å². The summed E-state index contributed by atoms with van der Waals surface area (Å²) in [6, 6.07) is 12.5. The van der Waals surface area contributed by atoms with Crippen molar-refractivity contribution in [2.45, 2.75) is 37.5 Å². The maximum atomic E-state index is 12.5. The lowest BCUT2D eigenvalue weighted by Crippen LogP contribution is -2.30. The van der Waals surface area contributed by atoms with Gasteiger partial charge in [-0.05, 0) is 87.7 Å². The van der Waals surface area contributed by atoms with Gasteiger partial charge in [0, 0.05) is 24.2 Å². The molecule has 1 saturated heterocycles. The van der Waals surface area contributed by atoms with Crippen LogP contribution in [-0.4, -0.2) is 57.7 Å². The van der Waals surface area contributed by atoms with Gasteiger partial charge >= 0.3 is 5.97 Å². The van der Waals surface area contributed by atoms with Gasteiger partial charge in [-0.2, -0.15) is 5.10 Å². The molecule has 170 valence electrons. The Bertz CT molecular complexity index is 1050. The third-order valence-corrected chi connectivity index (χ3v) is 6.00. The second-order valence-corrected chi connectivity index (χ2v) is 8.19. The summed E-state index contributed by atoms with van der Waals surface area (Å²) in [7, 11) is 0. The van der Waals surface area contributed by atoms with Gasteiger partial charge in [0.25, 0.3) is 5.91 Å². The number of carboxylic acids is 1. The average Bonchev–Trinajstić information content (AvgIpc) is 3.26. The van der Waals surface area contributed by atoms with Crippen LogP contribution in [-0.2, 0) is 0 Å². The zero-order chi connectivity index (χ0) is 23.1. The number of nitrogens with zero attached hydrogens (tertiary/aromatic N) is 3. The molecule has 3 heterocycles. The number of nitrogens with one attached hydrogen (secondary N) is 1. The Morgan fingerprint density at radius 3 is 2.41 bits per heavy atom. The number of amides is 1. The predicted octanol–water partition coefficient (Wildman–Crippen LogP) is 3.96. The fourth-order valence-electron chi connectivity index (χ4n) is 3.90. The molecule has 8 heteroatoms. The molecule has 1 aliphatic heterocycles. The number of fused-ring (bicyclic) bond motifs is 1. The summed E-state index contributed by atoms with van der Waals surface area (Å²) >= 11 is 4.01. The van der Waals surface area contributed by atoms with E-state index in [0.717, 1.165) is 36.3 Å². The van der Waals surface area contributed by atoms with E-state index < -0.39 is 5.97 Å². The molecule has 1 aromatic carbocycles. The van der Waals surface area contributed by atoms with Gasteiger partial charge in [0.05, 0.1) is 11.1 Å². The van der Waals surface area contributed by atoms with Crippen LogP contribution < -0.4 is 5.32 Å². The average molecular weight is 455 g/mol. The monoisotopic (exact) mass is 454 g/mol. The number of pyridine rings is 1. The molecule has 1 amide bonds. The fraction of sp³-hybridized carbons (Fsp3) is 0.375. The number of hydrogen-bond acceptors (Lipinski definition) is 5. The van der Waals surface area contributed by atoms with E-state index in [4.69, 9.17) is 5.11 Å². The summed E-state index contributed by atoms with van der Waals surface area (Å²) in [6.07, 6.45) is 4.22. The zero-order valence-corrected chi connectivity index (χ0v) is 19.4. The molecule has 0 saturated carbocycles. The van der Waals surface area contributed by atoms with E-state index in [1.54, 1.807) is 12.1 Å². The Labute approximate surface area is 193 Å². The Morgan fingerprint density at radius 1 is 1.16 bits per heavy atom. The molecule has 0 radical (unpaired) electrons. The van der Waals surface area contributed by atoms with Crippen molar-refractivity contribution in [3.05, 3.63) is 65.5 Å². The SMILES string of the molecule is CCN(CC)C(=O)c1cc2c(C3CCNCC3)cccn2n1.O=C(O)c1ccc(S)cc1. The van der Waals surface area contributed by atoms with Crippen molar-refractivity contribution in [2.24, 2.45) is 0 Å². The zero-order valence-electron chi connectivity index (χ0n) is 18.5. The number of rotatable bonds is 5. The molecule has 1 aliphatic rings. The third-order valence-electron chi connectivity index (χ3n) is 5.70. The highest BCUT2D eigenvalue weighted by molar-refractivity contribution is 7.80. The Morgan fingerprint density at radius 2 is 1.81 bits per heavy atom. The van der Waals surface area contributed by atoms with Crippen molar-refractivity contribution in [1.82, 2.24) is 19.8 Å². The van der Waals surface area contributed by atoms with Gasteiger partial charge in [0.15, 0.2) is 5.69 Å². The van der Waals surface area contributed by atoms with Gasteiger partial charge in [0.1, 0.15) is 0 Å². The minimum atomic E-state index is -0.909. The summed E-state index contributed by atoms with van der Waals surface area (Å²) < 4.78 is 1.86. The standard InChI is InChI=1S/C17H24N4O.C7H6O2S/c1-3-20(4-2)17(22)15-12-16-14(6-5-11-21(16)19-15)13-7-9-18-10-8-13;8-7(9)5-1-3-6(10)4-2-5/h5-6,11-13,18H,3-4,7-10H2,1-2H3;1-4,10H,(H,8,9). The van der Waals surface area contributed by atoms with E-state index in [9.17, 15) is 9.59 Å². The highest BCUT2D eigenvalue weighted by Gasteiger charge is 2.21. The number of aromatic carboxylic acids is 1. The first-order valence-electron chi connectivity index (χ1n) is 10.9. The largest absolute Gasteiger partial charge is 0.478 e. The molecule has 2 aromatic heterocycles. The first-order chi connectivity index (χ1) is 15.4. The van der Waals surface area contributed by atoms with E-state index in [0.29, 0.717) is 24.7 Å². The Hall–Kier alpha value is -2.84. The van der Waals surface area contributed by atoms with Crippen molar-refractivity contribution in [2.75, 3.05) is 26.2 Å². The third kappa shape index (κ3) is 5.69.